The smallest absolute Gasteiger partial charge is 0.0724 e. The minimum atomic E-state index is 1.07. The third kappa shape index (κ3) is 3.87. The van der Waals surface area contributed by atoms with Crippen LogP contribution in [0.4, 0.5) is 0 Å². The second kappa shape index (κ2) is 10.7. The molecule has 0 saturated carbocycles. The van der Waals surface area contributed by atoms with Crippen LogP contribution in [0.25, 0.3) is 104 Å². The van der Waals surface area contributed by atoms with Crippen molar-refractivity contribution in [2.75, 3.05) is 0 Å². The molecule has 0 aliphatic heterocycles. The molecule has 53 heavy (non-hydrogen) atoms. The van der Waals surface area contributed by atoms with Gasteiger partial charge in [-0.25, -0.2) is 0 Å². The van der Waals surface area contributed by atoms with Crippen LogP contribution in [0.2, 0.25) is 0 Å². The maximum atomic E-state index is 4.79. The van der Waals surface area contributed by atoms with Gasteiger partial charge in [0.1, 0.15) is 0 Å². The molecule has 0 radical (unpaired) electrons. The van der Waals surface area contributed by atoms with Crippen molar-refractivity contribution >= 4 is 87.0 Å². The highest BCUT2D eigenvalue weighted by Gasteiger charge is 2.22. The lowest BCUT2D eigenvalue weighted by Crippen LogP contribution is -1.99. The van der Waals surface area contributed by atoms with Gasteiger partial charge in [-0.15, -0.1) is 0 Å². The van der Waals surface area contributed by atoms with E-state index < -0.39 is 0 Å². The zero-order valence-corrected chi connectivity index (χ0v) is 28.6. The van der Waals surface area contributed by atoms with Crippen LogP contribution in [0.1, 0.15) is 0 Å². The number of pyridine rings is 1. The van der Waals surface area contributed by atoms with Crippen LogP contribution >= 0.6 is 0 Å². The molecule has 0 saturated heterocycles. The number of aromatic nitrogens is 4. The number of nitrogens with zero attached hydrogens (tertiary/aromatic N) is 4. The first-order chi connectivity index (χ1) is 26.3. The van der Waals surface area contributed by atoms with E-state index >= 15 is 0 Å². The van der Waals surface area contributed by atoms with Crippen molar-refractivity contribution in [3.8, 4) is 17.1 Å². The van der Waals surface area contributed by atoms with Crippen LogP contribution < -0.4 is 0 Å². The molecular weight excluding hydrogens is 645 g/mol. The Labute approximate surface area is 304 Å². The summed E-state index contributed by atoms with van der Waals surface area (Å²) in [6.45, 7) is 0. The van der Waals surface area contributed by atoms with E-state index in [0.717, 1.165) is 22.3 Å². The van der Waals surface area contributed by atoms with E-state index in [-0.39, 0.29) is 0 Å². The summed E-state index contributed by atoms with van der Waals surface area (Å²) in [4.78, 5) is 4.79. The predicted octanol–water partition coefficient (Wildman–Crippen LogP) is 12.7. The lowest BCUT2D eigenvalue weighted by atomic mass is 10.0. The third-order valence-electron chi connectivity index (χ3n) is 11.3. The zero-order chi connectivity index (χ0) is 34.6. The first kappa shape index (κ1) is 28.5. The normalized spacial score (nSPS) is 12.2. The Morgan fingerprint density at radius 1 is 0.302 bits per heavy atom. The summed E-state index contributed by atoms with van der Waals surface area (Å²) < 4.78 is 7.33. The molecule has 12 aromatic rings. The van der Waals surface area contributed by atoms with Crippen molar-refractivity contribution in [2.45, 2.75) is 0 Å². The zero-order valence-electron chi connectivity index (χ0n) is 28.6. The van der Waals surface area contributed by atoms with Crippen LogP contribution in [-0.2, 0) is 0 Å². The van der Waals surface area contributed by atoms with E-state index in [1.54, 1.807) is 0 Å². The Morgan fingerprint density at radius 3 is 1.42 bits per heavy atom. The summed E-state index contributed by atoms with van der Waals surface area (Å²) in [5.41, 5.74) is 10.5. The summed E-state index contributed by atoms with van der Waals surface area (Å²) in [6.07, 6.45) is 3.99. The van der Waals surface area contributed by atoms with Crippen molar-refractivity contribution in [3.63, 3.8) is 0 Å². The highest BCUT2D eigenvalue weighted by Crippen LogP contribution is 2.44. The average Bonchev–Trinajstić information content (AvgIpc) is 3.86. The molecule has 0 N–H and O–H groups in total. The van der Waals surface area contributed by atoms with Gasteiger partial charge in [-0.1, -0.05) is 121 Å². The van der Waals surface area contributed by atoms with E-state index in [4.69, 9.17) is 4.98 Å². The highest BCUT2D eigenvalue weighted by molar-refractivity contribution is 6.23. The van der Waals surface area contributed by atoms with Crippen LogP contribution in [-0.4, -0.2) is 18.7 Å². The fourth-order valence-corrected chi connectivity index (χ4v) is 9.08. The van der Waals surface area contributed by atoms with Crippen molar-refractivity contribution in [1.82, 2.24) is 18.7 Å². The largest absolute Gasteiger partial charge is 0.309 e. The molecular formula is C49H30N4. The minimum absolute atomic E-state index is 1.07. The van der Waals surface area contributed by atoms with Crippen LogP contribution in [0.3, 0.4) is 0 Å². The second-order valence-electron chi connectivity index (χ2n) is 14.0. The lowest BCUT2D eigenvalue weighted by Gasteiger charge is -2.15. The van der Waals surface area contributed by atoms with E-state index in [2.05, 4.69) is 184 Å². The Kier molecular flexibility index (Phi) is 5.74. The maximum absolute atomic E-state index is 4.79. The predicted molar refractivity (Wildman–Crippen MR) is 222 cm³/mol. The quantitative estimate of drug-likeness (QED) is 0.183. The number of benzene rings is 8. The molecule has 4 nitrogen and oxygen atoms in total. The summed E-state index contributed by atoms with van der Waals surface area (Å²) in [5, 5.41) is 12.1. The molecule has 0 spiro atoms. The molecule has 0 aliphatic carbocycles. The second-order valence-corrected chi connectivity index (χ2v) is 14.0. The van der Waals surface area contributed by atoms with Crippen LogP contribution in [0, 0.1) is 0 Å². The van der Waals surface area contributed by atoms with Gasteiger partial charge in [-0.2, -0.15) is 0 Å². The molecule has 0 unspecified atom stereocenters. The first-order valence-corrected chi connectivity index (χ1v) is 18.1. The van der Waals surface area contributed by atoms with Crippen LogP contribution in [0.5, 0.6) is 0 Å². The molecule has 0 bridgehead atoms. The fourth-order valence-electron chi connectivity index (χ4n) is 9.08. The molecule has 0 amide bonds. The standard InChI is InChI=1S/C49H30N4/c1-2-14-33-31(13-1)29-50-30-48(33)53-46-26-25-32(51-42-21-9-5-15-34(42)35-16-6-10-22-43(35)51)27-40(46)41-28-47(38-19-3-4-20-39(38)49(41)53)52-44-23-11-7-17-36(44)37-18-8-12-24-45(37)52/h1-30H. The van der Waals surface area contributed by atoms with Gasteiger partial charge in [0.15, 0.2) is 0 Å². The van der Waals surface area contributed by atoms with Gasteiger partial charge in [0.2, 0.25) is 0 Å². The number of hydrogen-bond donors (Lipinski definition) is 0. The molecule has 246 valence electrons. The van der Waals surface area contributed by atoms with Crippen molar-refractivity contribution in [3.05, 3.63) is 182 Å². The van der Waals surface area contributed by atoms with Gasteiger partial charge in [0, 0.05) is 65.7 Å². The molecule has 12 rings (SSSR count). The Bertz CT molecular complexity index is 3360. The summed E-state index contributed by atoms with van der Waals surface area (Å²) in [5.74, 6) is 0. The van der Waals surface area contributed by atoms with E-state index in [0.29, 0.717) is 0 Å². The van der Waals surface area contributed by atoms with Gasteiger partial charge in [-0.3, -0.25) is 4.98 Å². The molecule has 4 heterocycles. The number of para-hydroxylation sites is 4. The van der Waals surface area contributed by atoms with E-state index in [1.807, 2.05) is 12.4 Å². The highest BCUT2D eigenvalue weighted by atomic mass is 15.0. The third-order valence-corrected chi connectivity index (χ3v) is 11.3. The van der Waals surface area contributed by atoms with Crippen molar-refractivity contribution in [1.29, 1.82) is 0 Å². The maximum Gasteiger partial charge on any atom is 0.0724 e. The number of rotatable bonds is 3. The monoisotopic (exact) mass is 674 g/mol. The van der Waals surface area contributed by atoms with Gasteiger partial charge in [0.05, 0.1) is 50.7 Å². The fraction of sp³-hybridized carbons (Fsp3) is 0. The van der Waals surface area contributed by atoms with Gasteiger partial charge in [-0.05, 0) is 48.5 Å². The molecule has 4 aromatic heterocycles. The minimum Gasteiger partial charge on any atom is -0.309 e. The summed E-state index contributed by atoms with van der Waals surface area (Å²) in [6, 6.07) is 61.9. The van der Waals surface area contributed by atoms with Gasteiger partial charge >= 0.3 is 0 Å². The molecule has 8 aromatic carbocycles. The van der Waals surface area contributed by atoms with E-state index in [1.165, 1.54) is 81.7 Å². The first-order valence-electron chi connectivity index (χ1n) is 18.1. The molecule has 4 heteroatoms. The average molecular weight is 675 g/mol. The lowest BCUT2D eigenvalue weighted by molar-refractivity contribution is 1.16. The number of hydrogen-bond acceptors (Lipinski definition) is 1. The number of fused-ring (bicyclic) bond motifs is 12. The Hall–Kier alpha value is -7.17. The SMILES string of the molecule is c1ccc2c(-n3c4ccc(-n5c6ccccc6c6ccccc65)cc4c4cc(-n5c6ccccc6c6ccccc65)c5ccccc5c43)cncc2c1. The van der Waals surface area contributed by atoms with Crippen LogP contribution in [0.15, 0.2) is 182 Å². The van der Waals surface area contributed by atoms with Gasteiger partial charge < -0.3 is 13.7 Å². The topological polar surface area (TPSA) is 27.7 Å². The molecule has 0 fully saturated rings. The molecule has 0 atom stereocenters. The summed E-state index contributed by atoms with van der Waals surface area (Å²) >= 11 is 0. The Balaban J connectivity index is 1.28. The van der Waals surface area contributed by atoms with Crippen molar-refractivity contribution in [2.24, 2.45) is 0 Å². The summed E-state index contributed by atoms with van der Waals surface area (Å²) in [7, 11) is 0. The molecule has 0 aliphatic rings. The van der Waals surface area contributed by atoms with Gasteiger partial charge in [0.25, 0.3) is 0 Å². The van der Waals surface area contributed by atoms with Crippen molar-refractivity contribution < 1.29 is 0 Å². The van der Waals surface area contributed by atoms with E-state index in [9.17, 15) is 0 Å². The Morgan fingerprint density at radius 2 is 0.792 bits per heavy atom.